The normalized spacial score (nSPS) is 23.9. The van der Waals surface area contributed by atoms with E-state index in [-0.39, 0.29) is 11.6 Å². The van der Waals surface area contributed by atoms with Gasteiger partial charge >= 0.3 is 0 Å². The van der Waals surface area contributed by atoms with Gasteiger partial charge < -0.3 is 0 Å². The van der Waals surface area contributed by atoms with Crippen molar-refractivity contribution in [1.82, 2.24) is 0 Å². The maximum Gasteiger partial charge on any atom is 0.182 e. The van der Waals surface area contributed by atoms with Gasteiger partial charge in [-0.1, -0.05) is 57.8 Å². The zero-order valence-corrected chi connectivity index (χ0v) is 12.4. The molecule has 0 amide bonds. The van der Waals surface area contributed by atoms with E-state index in [1.165, 1.54) is 69.9 Å². The van der Waals surface area contributed by atoms with Crippen LogP contribution < -0.4 is 0 Å². The summed E-state index contributed by atoms with van der Waals surface area (Å²) in [6.45, 7) is 0. The van der Waals surface area contributed by atoms with Gasteiger partial charge in [-0.2, -0.15) is 0 Å². The molecule has 0 heterocycles. The predicted octanol–water partition coefficient (Wildman–Crippen LogP) is 4.54. The van der Waals surface area contributed by atoms with Gasteiger partial charge in [0.25, 0.3) is 0 Å². The number of rotatable bonds is 1. The Hall–Kier alpha value is -1.18. The van der Waals surface area contributed by atoms with Crippen LogP contribution in [-0.2, 0) is 9.59 Å². The Labute approximate surface area is 122 Å². The number of ketones is 2. The second-order valence-corrected chi connectivity index (χ2v) is 6.16. The highest BCUT2D eigenvalue weighted by atomic mass is 16.1. The summed E-state index contributed by atoms with van der Waals surface area (Å²) in [5.41, 5.74) is 0.773. The van der Waals surface area contributed by atoms with Gasteiger partial charge in [-0.25, -0.2) is 0 Å². The molecule has 0 bridgehead atoms. The van der Waals surface area contributed by atoms with Crippen molar-refractivity contribution in [2.45, 2.75) is 70.6 Å². The molecular weight excluding hydrogens is 248 g/mol. The monoisotopic (exact) mass is 274 g/mol. The first kappa shape index (κ1) is 15.2. The fraction of sp³-hybridized carbons (Fsp3) is 0.667. The van der Waals surface area contributed by atoms with E-state index in [1.807, 2.05) is 0 Å². The Bertz CT molecular complexity index is 392. The number of allylic oxidation sites excluding steroid dienone is 4. The molecule has 0 atom stereocenters. The molecule has 2 aliphatic rings. The van der Waals surface area contributed by atoms with Crippen LogP contribution in [0.15, 0.2) is 23.8 Å². The quantitative estimate of drug-likeness (QED) is 0.658. The van der Waals surface area contributed by atoms with Crippen LogP contribution in [0.3, 0.4) is 0 Å². The standard InChI is InChI=1S/C18H26O2/c19-16-12-13-18(20)17(14-16)15-10-8-6-4-2-1-3-5-7-9-11-15/h12-15H,1-11H2. The molecule has 20 heavy (non-hydrogen) atoms. The Morgan fingerprint density at radius 2 is 1.20 bits per heavy atom. The average molecular weight is 274 g/mol. The zero-order valence-electron chi connectivity index (χ0n) is 12.4. The van der Waals surface area contributed by atoms with Gasteiger partial charge in [0.1, 0.15) is 0 Å². The molecule has 1 fully saturated rings. The molecular formula is C18H26O2. The van der Waals surface area contributed by atoms with Crippen LogP contribution in [0.1, 0.15) is 70.6 Å². The average Bonchev–Trinajstić information content (AvgIpc) is 2.42. The number of carbonyl (C=O) groups is 2. The Balaban J connectivity index is 1.98. The van der Waals surface area contributed by atoms with E-state index in [4.69, 9.17) is 0 Å². The third-order valence-electron chi connectivity index (χ3n) is 4.53. The van der Waals surface area contributed by atoms with E-state index in [9.17, 15) is 9.59 Å². The molecule has 0 N–H and O–H groups in total. The van der Waals surface area contributed by atoms with Crippen LogP contribution in [0.25, 0.3) is 0 Å². The zero-order chi connectivity index (χ0) is 14.2. The number of hydrogen-bond donors (Lipinski definition) is 0. The van der Waals surface area contributed by atoms with Gasteiger partial charge in [-0.3, -0.25) is 9.59 Å². The predicted molar refractivity (Wildman–Crippen MR) is 81.5 cm³/mol. The minimum absolute atomic E-state index is 0.0225. The first-order valence-electron chi connectivity index (χ1n) is 8.25. The lowest BCUT2D eigenvalue weighted by molar-refractivity contribution is -0.115. The molecule has 0 aliphatic heterocycles. The SMILES string of the molecule is O=C1C=CC(=O)C(C2CCCCCCCCCCC2)=C1. The second-order valence-electron chi connectivity index (χ2n) is 6.16. The van der Waals surface area contributed by atoms with Gasteiger partial charge in [-0.15, -0.1) is 0 Å². The Kier molecular flexibility index (Phi) is 6.23. The molecule has 2 nitrogen and oxygen atoms in total. The van der Waals surface area contributed by atoms with Crippen molar-refractivity contribution in [2.75, 3.05) is 0 Å². The highest BCUT2D eigenvalue weighted by Crippen LogP contribution is 2.28. The summed E-state index contributed by atoms with van der Waals surface area (Å²) < 4.78 is 0. The van der Waals surface area contributed by atoms with Crippen molar-refractivity contribution < 1.29 is 9.59 Å². The summed E-state index contributed by atoms with van der Waals surface area (Å²) in [6.07, 6.45) is 18.2. The molecule has 0 unspecified atom stereocenters. The molecule has 0 aromatic rings. The van der Waals surface area contributed by atoms with Crippen LogP contribution in [0.5, 0.6) is 0 Å². The Morgan fingerprint density at radius 3 is 1.75 bits per heavy atom. The minimum atomic E-state index is -0.0225. The molecule has 110 valence electrons. The summed E-state index contributed by atoms with van der Waals surface area (Å²) >= 11 is 0. The second kappa shape index (κ2) is 8.18. The summed E-state index contributed by atoms with van der Waals surface area (Å²) in [6, 6.07) is 0. The van der Waals surface area contributed by atoms with Crippen molar-refractivity contribution in [3.05, 3.63) is 23.8 Å². The first-order chi connectivity index (χ1) is 9.77. The maximum absolute atomic E-state index is 12.0. The van der Waals surface area contributed by atoms with Crippen molar-refractivity contribution >= 4 is 11.6 Å². The molecule has 2 aliphatic carbocycles. The summed E-state index contributed by atoms with van der Waals surface area (Å²) in [5.74, 6) is 0.336. The molecule has 0 aromatic heterocycles. The van der Waals surface area contributed by atoms with E-state index in [0.29, 0.717) is 5.92 Å². The van der Waals surface area contributed by atoms with Crippen LogP contribution in [-0.4, -0.2) is 11.6 Å². The van der Waals surface area contributed by atoms with Crippen molar-refractivity contribution in [1.29, 1.82) is 0 Å². The molecule has 2 heteroatoms. The Morgan fingerprint density at radius 1 is 0.700 bits per heavy atom. The van der Waals surface area contributed by atoms with Crippen molar-refractivity contribution in [3.63, 3.8) is 0 Å². The van der Waals surface area contributed by atoms with E-state index in [0.717, 1.165) is 18.4 Å². The molecule has 1 saturated carbocycles. The molecule has 0 saturated heterocycles. The number of carbonyl (C=O) groups excluding carboxylic acids is 2. The molecule has 0 radical (unpaired) electrons. The van der Waals surface area contributed by atoms with Gasteiger partial charge in [0.05, 0.1) is 0 Å². The summed E-state index contributed by atoms with van der Waals surface area (Å²) in [7, 11) is 0. The van der Waals surface area contributed by atoms with Crippen molar-refractivity contribution in [2.24, 2.45) is 5.92 Å². The molecule has 0 aromatic carbocycles. The van der Waals surface area contributed by atoms with Crippen LogP contribution in [0, 0.1) is 5.92 Å². The fourth-order valence-corrected chi connectivity index (χ4v) is 3.32. The van der Waals surface area contributed by atoms with Crippen LogP contribution in [0.2, 0.25) is 0 Å². The molecule has 2 rings (SSSR count). The third kappa shape index (κ3) is 4.73. The first-order valence-corrected chi connectivity index (χ1v) is 8.25. The largest absolute Gasteiger partial charge is 0.290 e. The lowest BCUT2D eigenvalue weighted by Gasteiger charge is -2.20. The van der Waals surface area contributed by atoms with E-state index >= 15 is 0 Å². The fourth-order valence-electron chi connectivity index (χ4n) is 3.32. The highest BCUT2D eigenvalue weighted by Gasteiger charge is 2.22. The van der Waals surface area contributed by atoms with E-state index in [1.54, 1.807) is 6.08 Å². The topological polar surface area (TPSA) is 34.1 Å². The van der Waals surface area contributed by atoms with Gasteiger partial charge in [0.15, 0.2) is 11.6 Å². The summed E-state index contributed by atoms with van der Waals surface area (Å²) in [4.78, 5) is 23.5. The molecule has 0 spiro atoms. The lowest BCUT2D eigenvalue weighted by Crippen LogP contribution is -2.16. The minimum Gasteiger partial charge on any atom is -0.290 e. The third-order valence-corrected chi connectivity index (χ3v) is 4.53. The van der Waals surface area contributed by atoms with Gasteiger partial charge in [0, 0.05) is 5.57 Å². The highest BCUT2D eigenvalue weighted by molar-refractivity contribution is 6.17. The lowest BCUT2D eigenvalue weighted by atomic mass is 9.83. The summed E-state index contributed by atoms with van der Waals surface area (Å²) in [5, 5.41) is 0. The van der Waals surface area contributed by atoms with Gasteiger partial charge in [-0.05, 0) is 37.0 Å². The van der Waals surface area contributed by atoms with Crippen molar-refractivity contribution in [3.8, 4) is 0 Å². The smallest absolute Gasteiger partial charge is 0.182 e. The number of hydrogen-bond acceptors (Lipinski definition) is 2. The van der Waals surface area contributed by atoms with E-state index in [2.05, 4.69) is 0 Å². The van der Waals surface area contributed by atoms with Crippen LogP contribution in [0.4, 0.5) is 0 Å². The maximum atomic E-state index is 12.0. The van der Waals surface area contributed by atoms with Crippen LogP contribution >= 0.6 is 0 Å². The van der Waals surface area contributed by atoms with Gasteiger partial charge in [0.2, 0.25) is 0 Å². The van der Waals surface area contributed by atoms with E-state index < -0.39 is 0 Å².